The van der Waals surface area contributed by atoms with Gasteiger partial charge in [0, 0.05) is 45.5 Å². The molecule has 0 aromatic carbocycles. The summed E-state index contributed by atoms with van der Waals surface area (Å²) in [5.74, 6) is -1.05. The van der Waals surface area contributed by atoms with Gasteiger partial charge in [0.1, 0.15) is 0 Å². The van der Waals surface area contributed by atoms with Crippen LogP contribution in [0, 0.1) is 0 Å². The van der Waals surface area contributed by atoms with Crippen LogP contribution in [0.5, 0.6) is 0 Å². The van der Waals surface area contributed by atoms with Crippen LogP contribution in [-0.4, -0.2) is 75.7 Å². The van der Waals surface area contributed by atoms with Crippen molar-refractivity contribution in [1.82, 2.24) is 24.7 Å². The molecule has 8 nitrogen and oxygen atoms in total. The monoisotopic (exact) mass is 295 g/mol. The number of amides is 2. The number of aromatic nitrogens is 2. The molecule has 0 atom stereocenters. The van der Waals surface area contributed by atoms with E-state index in [0.717, 1.165) is 32.7 Å². The van der Waals surface area contributed by atoms with Crippen LogP contribution in [0.25, 0.3) is 0 Å². The molecule has 1 fully saturated rings. The highest BCUT2D eigenvalue weighted by Gasteiger charge is 2.19. The standard InChI is InChI=1S/C13H21N5O3/c1-2-16-5-7-18(8-6-16)13(21)14-3-4-17-9-11(12(19)20)15-10-17/h9-10H,2-8H2,1H3,(H,14,21)(H,19,20). The first-order valence-corrected chi connectivity index (χ1v) is 7.10. The van der Waals surface area contributed by atoms with Crippen molar-refractivity contribution in [2.45, 2.75) is 13.5 Å². The van der Waals surface area contributed by atoms with E-state index in [1.165, 1.54) is 12.5 Å². The zero-order chi connectivity index (χ0) is 15.2. The van der Waals surface area contributed by atoms with Crippen molar-refractivity contribution in [1.29, 1.82) is 0 Å². The van der Waals surface area contributed by atoms with E-state index in [1.54, 1.807) is 4.57 Å². The van der Waals surface area contributed by atoms with Crippen LogP contribution in [0.2, 0.25) is 0 Å². The minimum Gasteiger partial charge on any atom is -0.476 e. The van der Waals surface area contributed by atoms with Crippen molar-refractivity contribution in [2.24, 2.45) is 0 Å². The van der Waals surface area contributed by atoms with Crippen molar-refractivity contribution < 1.29 is 14.7 Å². The lowest BCUT2D eigenvalue weighted by Crippen LogP contribution is -2.51. The third-order valence-electron chi connectivity index (χ3n) is 3.61. The van der Waals surface area contributed by atoms with Crippen LogP contribution in [-0.2, 0) is 6.54 Å². The molecule has 2 amide bonds. The fraction of sp³-hybridized carbons (Fsp3) is 0.615. The second kappa shape index (κ2) is 7.07. The minimum atomic E-state index is -1.05. The molecule has 2 rings (SSSR count). The normalized spacial score (nSPS) is 16.0. The smallest absolute Gasteiger partial charge is 0.356 e. The van der Waals surface area contributed by atoms with Gasteiger partial charge in [0.25, 0.3) is 0 Å². The molecule has 0 saturated carbocycles. The number of carboxylic acid groups (broad SMARTS) is 1. The summed E-state index contributed by atoms with van der Waals surface area (Å²) in [6, 6.07) is -0.0654. The van der Waals surface area contributed by atoms with Crippen molar-refractivity contribution in [3.05, 3.63) is 18.2 Å². The summed E-state index contributed by atoms with van der Waals surface area (Å²) in [6.07, 6.45) is 2.91. The van der Waals surface area contributed by atoms with E-state index in [-0.39, 0.29) is 11.7 Å². The first kappa shape index (κ1) is 15.3. The number of carboxylic acids is 1. The average molecular weight is 295 g/mol. The summed E-state index contributed by atoms with van der Waals surface area (Å²) in [4.78, 5) is 30.5. The Morgan fingerprint density at radius 1 is 1.33 bits per heavy atom. The highest BCUT2D eigenvalue weighted by molar-refractivity contribution is 5.84. The molecule has 0 bridgehead atoms. The topological polar surface area (TPSA) is 90.7 Å². The SMILES string of the molecule is CCN1CCN(C(=O)NCCn2cnc(C(=O)O)c2)CC1. The fourth-order valence-corrected chi connectivity index (χ4v) is 2.26. The highest BCUT2D eigenvalue weighted by Crippen LogP contribution is 2.01. The number of likely N-dealkylation sites (N-methyl/N-ethyl adjacent to an activating group) is 1. The van der Waals surface area contributed by atoms with E-state index >= 15 is 0 Å². The van der Waals surface area contributed by atoms with E-state index in [0.29, 0.717) is 13.1 Å². The van der Waals surface area contributed by atoms with Crippen LogP contribution < -0.4 is 5.32 Å². The molecule has 0 radical (unpaired) electrons. The average Bonchev–Trinajstić information content (AvgIpc) is 2.96. The van der Waals surface area contributed by atoms with Gasteiger partial charge in [0.15, 0.2) is 5.69 Å². The maximum atomic E-state index is 12.0. The summed E-state index contributed by atoms with van der Waals surface area (Å²) in [7, 11) is 0. The number of nitrogens with zero attached hydrogens (tertiary/aromatic N) is 4. The van der Waals surface area contributed by atoms with Gasteiger partial charge in [-0.15, -0.1) is 0 Å². The van der Waals surface area contributed by atoms with E-state index in [1.807, 2.05) is 4.90 Å². The van der Waals surface area contributed by atoms with Gasteiger partial charge < -0.3 is 24.8 Å². The predicted octanol–water partition coefficient (Wildman–Crippen LogP) is -0.0716. The molecule has 1 aliphatic heterocycles. The Hall–Kier alpha value is -2.09. The first-order chi connectivity index (χ1) is 10.1. The molecule has 1 aromatic heterocycles. The Morgan fingerprint density at radius 2 is 2.05 bits per heavy atom. The van der Waals surface area contributed by atoms with Crippen LogP contribution in [0.1, 0.15) is 17.4 Å². The number of rotatable bonds is 5. The Kier molecular flexibility index (Phi) is 5.15. The summed E-state index contributed by atoms with van der Waals surface area (Å²) in [5.41, 5.74) is 0.0111. The van der Waals surface area contributed by atoms with Crippen LogP contribution in [0.15, 0.2) is 12.5 Å². The Morgan fingerprint density at radius 3 is 2.62 bits per heavy atom. The van der Waals surface area contributed by atoms with E-state index < -0.39 is 5.97 Å². The van der Waals surface area contributed by atoms with Gasteiger partial charge in [-0.1, -0.05) is 6.92 Å². The van der Waals surface area contributed by atoms with Gasteiger partial charge in [-0.3, -0.25) is 0 Å². The number of imidazole rings is 1. The second-order valence-electron chi connectivity index (χ2n) is 4.96. The van der Waals surface area contributed by atoms with E-state index in [4.69, 9.17) is 5.11 Å². The Labute approximate surface area is 123 Å². The van der Waals surface area contributed by atoms with Gasteiger partial charge in [-0.05, 0) is 6.54 Å². The van der Waals surface area contributed by atoms with Crippen molar-refractivity contribution in [2.75, 3.05) is 39.3 Å². The van der Waals surface area contributed by atoms with E-state index in [2.05, 4.69) is 22.1 Å². The maximum absolute atomic E-state index is 12.0. The quantitative estimate of drug-likeness (QED) is 0.793. The molecule has 0 unspecified atom stereocenters. The number of carbonyl (C=O) groups excluding carboxylic acids is 1. The van der Waals surface area contributed by atoms with Crippen molar-refractivity contribution in [3.8, 4) is 0 Å². The van der Waals surface area contributed by atoms with Crippen molar-refractivity contribution in [3.63, 3.8) is 0 Å². The van der Waals surface area contributed by atoms with Gasteiger partial charge in [-0.25, -0.2) is 14.6 Å². The molecular formula is C13H21N5O3. The molecule has 2 N–H and O–H groups in total. The lowest BCUT2D eigenvalue weighted by atomic mass is 10.3. The highest BCUT2D eigenvalue weighted by atomic mass is 16.4. The molecular weight excluding hydrogens is 274 g/mol. The first-order valence-electron chi connectivity index (χ1n) is 7.10. The van der Waals surface area contributed by atoms with Crippen LogP contribution in [0.4, 0.5) is 4.79 Å². The van der Waals surface area contributed by atoms with Crippen LogP contribution >= 0.6 is 0 Å². The molecule has 8 heteroatoms. The van der Waals surface area contributed by atoms with Gasteiger partial charge in [0.2, 0.25) is 0 Å². The van der Waals surface area contributed by atoms with Crippen LogP contribution in [0.3, 0.4) is 0 Å². The number of urea groups is 1. The Bertz CT molecular complexity index is 494. The number of piperazine rings is 1. The lowest BCUT2D eigenvalue weighted by Gasteiger charge is -2.34. The second-order valence-corrected chi connectivity index (χ2v) is 4.96. The molecule has 1 saturated heterocycles. The largest absolute Gasteiger partial charge is 0.476 e. The predicted molar refractivity (Wildman–Crippen MR) is 76.3 cm³/mol. The molecule has 21 heavy (non-hydrogen) atoms. The Balaban J connectivity index is 1.70. The zero-order valence-electron chi connectivity index (χ0n) is 12.2. The van der Waals surface area contributed by atoms with Gasteiger partial charge in [-0.2, -0.15) is 0 Å². The maximum Gasteiger partial charge on any atom is 0.356 e. The minimum absolute atomic E-state index is 0.0111. The summed E-state index contributed by atoms with van der Waals surface area (Å²) < 4.78 is 1.65. The van der Waals surface area contributed by atoms with Gasteiger partial charge >= 0.3 is 12.0 Å². The molecule has 1 aromatic rings. The number of aromatic carboxylic acids is 1. The molecule has 0 spiro atoms. The van der Waals surface area contributed by atoms with Gasteiger partial charge in [0.05, 0.1) is 6.33 Å². The lowest BCUT2D eigenvalue weighted by molar-refractivity contribution is 0.0691. The third kappa shape index (κ3) is 4.19. The number of hydrogen-bond donors (Lipinski definition) is 2. The molecule has 1 aliphatic rings. The number of hydrogen-bond acceptors (Lipinski definition) is 4. The number of nitrogens with one attached hydrogen (secondary N) is 1. The summed E-state index contributed by atoms with van der Waals surface area (Å²) >= 11 is 0. The number of carbonyl (C=O) groups is 2. The van der Waals surface area contributed by atoms with Crippen molar-refractivity contribution >= 4 is 12.0 Å². The zero-order valence-corrected chi connectivity index (χ0v) is 12.2. The molecule has 2 heterocycles. The fourth-order valence-electron chi connectivity index (χ4n) is 2.26. The summed E-state index contributed by atoms with van der Waals surface area (Å²) in [6.45, 7) is 7.39. The third-order valence-corrected chi connectivity index (χ3v) is 3.61. The van der Waals surface area contributed by atoms with E-state index in [9.17, 15) is 9.59 Å². The molecule has 0 aliphatic carbocycles. The summed E-state index contributed by atoms with van der Waals surface area (Å²) in [5, 5.41) is 11.6. The molecule has 116 valence electrons.